The summed E-state index contributed by atoms with van der Waals surface area (Å²) in [5.74, 6) is -0.314. The number of nitrogens with one attached hydrogen (secondary N) is 2. The van der Waals surface area contributed by atoms with Crippen molar-refractivity contribution in [2.24, 2.45) is 0 Å². The minimum atomic E-state index is -0.493. The highest BCUT2D eigenvalue weighted by atomic mass is 32.1. The molecule has 0 atom stereocenters. The highest BCUT2D eigenvalue weighted by Crippen LogP contribution is 2.17. The number of hydrogen-bond donors (Lipinski definition) is 2. The van der Waals surface area contributed by atoms with E-state index < -0.39 is 6.03 Å². The van der Waals surface area contributed by atoms with Crippen LogP contribution < -0.4 is 10.6 Å². The summed E-state index contributed by atoms with van der Waals surface area (Å²) < 4.78 is 4.87. The molecule has 2 N–H and O–H groups in total. The van der Waals surface area contributed by atoms with Crippen LogP contribution in [0.5, 0.6) is 0 Å². The number of ether oxygens (including phenoxy) is 1. The van der Waals surface area contributed by atoms with E-state index in [1.165, 1.54) is 15.3 Å². The molecule has 1 heterocycles. The molecule has 1 aromatic heterocycles. The van der Waals surface area contributed by atoms with Gasteiger partial charge in [-0.25, -0.2) is 4.79 Å². The second-order valence-electron chi connectivity index (χ2n) is 6.26. The molecule has 0 fully saturated rings. The fourth-order valence-electron chi connectivity index (χ4n) is 2.62. The second kappa shape index (κ2) is 11.5. The minimum absolute atomic E-state index is 0.168. The van der Waals surface area contributed by atoms with Crippen LogP contribution in [0.3, 0.4) is 0 Å². The Kier molecular flexibility index (Phi) is 8.97. The molecular formula is C20H27N3O3S. The van der Waals surface area contributed by atoms with Gasteiger partial charge in [0.25, 0.3) is 0 Å². The Morgan fingerprint density at radius 3 is 2.59 bits per heavy atom. The summed E-state index contributed by atoms with van der Waals surface area (Å²) in [6.45, 7) is 4.43. The van der Waals surface area contributed by atoms with E-state index >= 15 is 0 Å². The molecular weight excluding hydrogens is 362 g/mol. The summed E-state index contributed by atoms with van der Waals surface area (Å²) in [5, 5.41) is 4.96. The lowest BCUT2D eigenvalue weighted by Crippen LogP contribution is -2.45. The Balaban J connectivity index is 1.89. The summed E-state index contributed by atoms with van der Waals surface area (Å²) in [5.41, 5.74) is 1.22. The van der Waals surface area contributed by atoms with E-state index in [0.717, 1.165) is 13.0 Å². The Hall–Kier alpha value is -2.22. The van der Waals surface area contributed by atoms with E-state index in [9.17, 15) is 9.59 Å². The molecule has 0 bridgehead atoms. The van der Waals surface area contributed by atoms with Crippen molar-refractivity contribution >= 4 is 23.3 Å². The summed E-state index contributed by atoms with van der Waals surface area (Å²) in [6.07, 6.45) is 0.846. The molecule has 0 aliphatic carbocycles. The lowest BCUT2D eigenvalue weighted by atomic mass is 10.1. The molecule has 0 spiro atoms. The van der Waals surface area contributed by atoms with Gasteiger partial charge in [0, 0.05) is 36.5 Å². The summed E-state index contributed by atoms with van der Waals surface area (Å²) in [7, 11) is 1.56. The van der Waals surface area contributed by atoms with Gasteiger partial charge in [-0.05, 0) is 31.0 Å². The van der Waals surface area contributed by atoms with Crippen molar-refractivity contribution in [3.63, 3.8) is 0 Å². The Morgan fingerprint density at radius 2 is 1.93 bits per heavy atom. The third kappa shape index (κ3) is 8.34. The monoisotopic (exact) mass is 389 g/mol. The molecule has 7 heteroatoms. The predicted molar refractivity (Wildman–Crippen MR) is 108 cm³/mol. The Morgan fingerprint density at radius 1 is 1.15 bits per heavy atom. The molecule has 6 nitrogen and oxygen atoms in total. The molecule has 0 saturated heterocycles. The van der Waals surface area contributed by atoms with Crippen molar-refractivity contribution in [1.82, 2.24) is 15.5 Å². The second-order valence-corrected chi connectivity index (χ2v) is 7.63. The van der Waals surface area contributed by atoms with Crippen molar-refractivity contribution in [2.75, 3.05) is 33.4 Å². The van der Waals surface area contributed by atoms with Gasteiger partial charge in [0.15, 0.2) is 0 Å². The maximum absolute atomic E-state index is 12.3. The van der Waals surface area contributed by atoms with Gasteiger partial charge < -0.3 is 10.1 Å². The number of carbonyl (C=O) groups excluding carboxylic acids is 2. The van der Waals surface area contributed by atoms with Crippen LogP contribution in [0.4, 0.5) is 4.79 Å². The SMILES string of the molecule is COCCNC(=O)NC(=O)CN(CCc1ccccc1)Cc1ccc(C)s1. The fourth-order valence-corrected chi connectivity index (χ4v) is 3.55. The lowest BCUT2D eigenvalue weighted by molar-refractivity contribution is -0.121. The summed E-state index contributed by atoms with van der Waals surface area (Å²) >= 11 is 1.73. The standard InChI is InChI=1S/C20H27N3O3S/c1-16-8-9-18(27-16)14-23(12-10-17-6-4-3-5-7-17)15-19(24)22-20(25)21-11-13-26-2/h3-9H,10-15H2,1-2H3,(H2,21,22,24,25). The van der Waals surface area contributed by atoms with E-state index in [1.54, 1.807) is 18.4 Å². The first-order valence-electron chi connectivity index (χ1n) is 8.95. The maximum atomic E-state index is 12.3. The van der Waals surface area contributed by atoms with Gasteiger partial charge >= 0.3 is 6.03 Å². The number of thiophene rings is 1. The minimum Gasteiger partial charge on any atom is -0.383 e. The normalized spacial score (nSPS) is 10.8. The molecule has 1 aromatic carbocycles. The van der Waals surface area contributed by atoms with E-state index in [4.69, 9.17) is 4.74 Å². The number of rotatable bonds is 10. The molecule has 2 aromatic rings. The zero-order valence-electron chi connectivity index (χ0n) is 15.9. The van der Waals surface area contributed by atoms with Crippen LogP contribution in [0.1, 0.15) is 15.3 Å². The van der Waals surface area contributed by atoms with E-state index in [0.29, 0.717) is 19.7 Å². The number of amides is 3. The number of urea groups is 1. The first-order valence-corrected chi connectivity index (χ1v) is 9.76. The van der Waals surface area contributed by atoms with Crippen LogP contribution in [-0.2, 0) is 22.5 Å². The molecule has 0 unspecified atom stereocenters. The highest BCUT2D eigenvalue weighted by Gasteiger charge is 2.14. The number of imide groups is 1. The van der Waals surface area contributed by atoms with Crippen molar-refractivity contribution in [2.45, 2.75) is 19.9 Å². The number of methoxy groups -OCH3 is 1. The van der Waals surface area contributed by atoms with Crippen LogP contribution in [0.25, 0.3) is 0 Å². The Labute approximate surface area is 164 Å². The van der Waals surface area contributed by atoms with Crippen molar-refractivity contribution < 1.29 is 14.3 Å². The fraction of sp³-hybridized carbons (Fsp3) is 0.400. The largest absolute Gasteiger partial charge is 0.383 e. The number of nitrogens with zero attached hydrogens (tertiary/aromatic N) is 1. The van der Waals surface area contributed by atoms with Crippen molar-refractivity contribution in [1.29, 1.82) is 0 Å². The maximum Gasteiger partial charge on any atom is 0.321 e. The molecule has 0 aliphatic heterocycles. The summed E-state index contributed by atoms with van der Waals surface area (Å²) in [4.78, 5) is 28.5. The third-order valence-electron chi connectivity index (χ3n) is 3.95. The average Bonchev–Trinajstić information content (AvgIpc) is 3.05. The number of hydrogen-bond acceptors (Lipinski definition) is 5. The van der Waals surface area contributed by atoms with Crippen LogP contribution in [-0.4, -0.2) is 50.2 Å². The zero-order valence-corrected chi connectivity index (χ0v) is 16.7. The molecule has 0 radical (unpaired) electrons. The van der Waals surface area contributed by atoms with Crippen LogP contribution in [0, 0.1) is 6.92 Å². The first kappa shape index (κ1) is 21.1. The van der Waals surface area contributed by atoms with E-state index in [2.05, 4.69) is 46.7 Å². The molecule has 27 heavy (non-hydrogen) atoms. The zero-order chi connectivity index (χ0) is 19.5. The van der Waals surface area contributed by atoms with Gasteiger partial charge in [0.05, 0.1) is 13.2 Å². The first-order chi connectivity index (χ1) is 13.1. The van der Waals surface area contributed by atoms with Crippen LogP contribution >= 0.6 is 11.3 Å². The van der Waals surface area contributed by atoms with Gasteiger partial charge in [0.2, 0.25) is 5.91 Å². The lowest BCUT2D eigenvalue weighted by Gasteiger charge is -2.21. The number of benzene rings is 1. The molecule has 3 amide bonds. The topological polar surface area (TPSA) is 70.7 Å². The smallest absolute Gasteiger partial charge is 0.321 e. The predicted octanol–water partition coefficient (Wildman–Crippen LogP) is 2.57. The highest BCUT2D eigenvalue weighted by molar-refractivity contribution is 7.11. The van der Waals surface area contributed by atoms with Crippen LogP contribution in [0.2, 0.25) is 0 Å². The van der Waals surface area contributed by atoms with Crippen molar-refractivity contribution in [3.8, 4) is 0 Å². The number of aryl methyl sites for hydroxylation is 1. The van der Waals surface area contributed by atoms with Gasteiger partial charge in [0.1, 0.15) is 0 Å². The average molecular weight is 390 g/mol. The quantitative estimate of drug-likeness (QED) is 0.613. The van der Waals surface area contributed by atoms with Gasteiger partial charge in [-0.3, -0.25) is 15.0 Å². The van der Waals surface area contributed by atoms with Gasteiger partial charge in [-0.2, -0.15) is 0 Å². The van der Waals surface area contributed by atoms with Gasteiger partial charge in [-0.15, -0.1) is 11.3 Å². The number of carbonyl (C=O) groups is 2. The molecule has 146 valence electrons. The van der Waals surface area contributed by atoms with Crippen LogP contribution in [0.15, 0.2) is 42.5 Å². The molecule has 0 aliphatic rings. The molecule has 2 rings (SSSR count). The summed E-state index contributed by atoms with van der Waals surface area (Å²) in [6, 6.07) is 13.9. The molecule has 0 saturated carbocycles. The van der Waals surface area contributed by atoms with E-state index in [-0.39, 0.29) is 12.5 Å². The van der Waals surface area contributed by atoms with E-state index in [1.807, 2.05) is 18.2 Å². The Bertz CT molecular complexity index is 718. The van der Waals surface area contributed by atoms with Gasteiger partial charge in [-0.1, -0.05) is 30.3 Å². The van der Waals surface area contributed by atoms with Crippen molar-refractivity contribution in [3.05, 3.63) is 57.8 Å². The third-order valence-corrected chi connectivity index (χ3v) is 4.93.